The average molecular weight is 245 g/mol. The Bertz CT molecular complexity index is 283. The van der Waals surface area contributed by atoms with Gasteiger partial charge in [0.25, 0.3) is 5.97 Å². The van der Waals surface area contributed by atoms with Crippen LogP contribution in [0.15, 0.2) is 0 Å². The standard InChI is InChI=1S/C8H15N3O2.C2H4O2/c1-5(7(9)12)11-8(13)6-3-2-4-10-6;1-2(3)4/h5-6,10H,2-4H2,1H3,(H2,9,12)(H,11,13);1H3,(H,3,4)/t5-,6-;/m0./s1. The van der Waals surface area contributed by atoms with Crippen LogP contribution in [-0.2, 0) is 14.4 Å². The maximum Gasteiger partial charge on any atom is 0.300 e. The molecule has 1 heterocycles. The number of carbonyl (C=O) groups is 3. The van der Waals surface area contributed by atoms with Crippen molar-refractivity contribution in [2.24, 2.45) is 5.73 Å². The summed E-state index contributed by atoms with van der Waals surface area (Å²) in [5, 5.41) is 13.0. The second-order valence-electron chi connectivity index (χ2n) is 3.80. The molecule has 5 N–H and O–H groups in total. The third-order valence-corrected chi connectivity index (χ3v) is 2.16. The molecular weight excluding hydrogens is 226 g/mol. The van der Waals surface area contributed by atoms with Gasteiger partial charge in [-0.3, -0.25) is 14.4 Å². The van der Waals surface area contributed by atoms with Gasteiger partial charge in [-0.15, -0.1) is 0 Å². The molecule has 0 aliphatic carbocycles. The fraction of sp³-hybridized carbons (Fsp3) is 0.700. The lowest BCUT2D eigenvalue weighted by Gasteiger charge is -2.14. The van der Waals surface area contributed by atoms with E-state index in [2.05, 4.69) is 10.6 Å². The van der Waals surface area contributed by atoms with Crippen LogP contribution in [0.5, 0.6) is 0 Å². The quantitative estimate of drug-likeness (QED) is 0.498. The summed E-state index contributed by atoms with van der Waals surface area (Å²) in [6.07, 6.45) is 1.83. The summed E-state index contributed by atoms with van der Waals surface area (Å²) in [6.45, 7) is 3.53. The molecule has 0 aromatic carbocycles. The SMILES string of the molecule is CC(=O)O.C[C@H](NC(=O)[C@@H]1CCCN1)C(N)=O. The number of hydrogen-bond acceptors (Lipinski definition) is 4. The van der Waals surface area contributed by atoms with Gasteiger partial charge >= 0.3 is 0 Å². The van der Waals surface area contributed by atoms with Crippen LogP contribution in [0.3, 0.4) is 0 Å². The average Bonchev–Trinajstić information content (AvgIpc) is 2.68. The normalized spacial score (nSPS) is 19.8. The molecule has 0 aromatic heterocycles. The van der Waals surface area contributed by atoms with Crippen molar-refractivity contribution >= 4 is 17.8 Å². The first-order valence-corrected chi connectivity index (χ1v) is 5.37. The van der Waals surface area contributed by atoms with Crippen LogP contribution in [-0.4, -0.2) is 41.5 Å². The lowest BCUT2D eigenvalue weighted by Crippen LogP contribution is -2.48. The van der Waals surface area contributed by atoms with E-state index in [1.165, 1.54) is 0 Å². The summed E-state index contributed by atoms with van der Waals surface area (Å²) in [5.41, 5.74) is 5.01. The van der Waals surface area contributed by atoms with Gasteiger partial charge in [0.2, 0.25) is 11.8 Å². The fourth-order valence-corrected chi connectivity index (χ4v) is 1.29. The van der Waals surface area contributed by atoms with Gasteiger partial charge in [0.1, 0.15) is 6.04 Å². The molecule has 98 valence electrons. The molecule has 17 heavy (non-hydrogen) atoms. The van der Waals surface area contributed by atoms with E-state index in [4.69, 9.17) is 15.6 Å². The minimum Gasteiger partial charge on any atom is -0.481 e. The summed E-state index contributed by atoms with van der Waals surface area (Å²) < 4.78 is 0. The van der Waals surface area contributed by atoms with Crippen molar-refractivity contribution in [3.8, 4) is 0 Å². The van der Waals surface area contributed by atoms with Gasteiger partial charge in [0.15, 0.2) is 0 Å². The molecule has 2 atom stereocenters. The van der Waals surface area contributed by atoms with Crippen molar-refractivity contribution in [1.29, 1.82) is 0 Å². The highest BCUT2D eigenvalue weighted by molar-refractivity contribution is 5.88. The smallest absolute Gasteiger partial charge is 0.300 e. The zero-order valence-electron chi connectivity index (χ0n) is 10.0. The van der Waals surface area contributed by atoms with Crippen LogP contribution in [0.1, 0.15) is 26.7 Å². The number of amides is 2. The number of carboxylic acid groups (broad SMARTS) is 1. The molecule has 0 spiro atoms. The van der Waals surface area contributed by atoms with E-state index < -0.39 is 17.9 Å². The van der Waals surface area contributed by atoms with Crippen molar-refractivity contribution in [3.05, 3.63) is 0 Å². The molecule has 0 radical (unpaired) electrons. The number of nitrogens with two attached hydrogens (primary N) is 1. The summed E-state index contributed by atoms with van der Waals surface area (Å²) in [7, 11) is 0. The highest BCUT2D eigenvalue weighted by Crippen LogP contribution is 2.04. The predicted molar refractivity (Wildman–Crippen MR) is 61.1 cm³/mol. The minimum atomic E-state index is -0.833. The van der Waals surface area contributed by atoms with Crippen molar-refractivity contribution in [1.82, 2.24) is 10.6 Å². The Morgan fingerprint density at radius 1 is 1.47 bits per heavy atom. The Kier molecular flexibility index (Phi) is 6.88. The first-order chi connectivity index (χ1) is 7.84. The molecule has 1 aliphatic heterocycles. The van der Waals surface area contributed by atoms with Crippen LogP contribution in [0.4, 0.5) is 0 Å². The largest absolute Gasteiger partial charge is 0.481 e. The summed E-state index contributed by atoms with van der Waals surface area (Å²) >= 11 is 0. The number of aliphatic carboxylic acids is 1. The highest BCUT2D eigenvalue weighted by atomic mass is 16.4. The fourth-order valence-electron chi connectivity index (χ4n) is 1.29. The lowest BCUT2D eigenvalue weighted by molar-refractivity contribution is -0.134. The molecule has 0 aromatic rings. The molecule has 7 heteroatoms. The van der Waals surface area contributed by atoms with Gasteiger partial charge in [-0.25, -0.2) is 0 Å². The zero-order valence-corrected chi connectivity index (χ0v) is 10.0. The van der Waals surface area contributed by atoms with E-state index in [0.717, 1.165) is 26.3 Å². The van der Waals surface area contributed by atoms with Crippen molar-refractivity contribution in [2.75, 3.05) is 6.54 Å². The van der Waals surface area contributed by atoms with Crippen LogP contribution in [0.2, 0.25) is 0 Å². The monoisotopic (exact) mass is 245 g/mol. The minimum absolute atomic E-state index is 0.135. The number of primary amides is 1. The van der Waals surface area contributed by atoms with E-state index in [0.29, 0.717) is 0 Å². The van der Waals surface area contributed by atoms with E-state index in [1.54, 1.807) is 6.92 Å². The van der Waals surface area contributed by atoms with E-state index in [-0.39, 0.29) is 11.9 Å². The van der Waals surface area contributed by atoms with Gasteiger partial charge in [0.05, 0.1) is 6.04 Å². The van der Waals surface area contributed by atoms with Crippen LogP contribution in [0, 0.1) is 0 Å². The molecule has 7 nitrogen and oxygen atoms in total. The third kappa shape index (κ3) is 7.29. The number of carbonyl (C=O) groups excluding carboxylic acids is 2. The van der Waals surface area contributed by atoms with Gasteiger partial charge in [0, 0.05) is 6.92 Å². The Balaban J connectivity index is 0.000000557. The maximum absolute atomic E-state index is 11.4. The Hall–Kier alpha value is -1.63. The molecule has 1 saturated heterocycles. The van der Waals surface area contributed by atoms with E-state index in [9.17, 15) is 9.59 Å². The third-order valence-electron chi connectivity index (χ3n) is 2.16. The van der Waals surface area contributed by atoms with Crippen LogP contribution in [0.25, 0.3) is 0 Å². The van der Waals surface area contributed by atoms with Gasteiger partial charge in [-0.1, -0.05) is 0 Å². The molecule has 2 amide bonds. The molecule has 0 bridgehead atoms. The van der Waals surface area contributed by atoms with Crippen LogP contribution < -0.4 is 16.4 Å². The summed E-state index contributed by atoms with van der Waals surface area (Å²) in [4.78, 5) is 31.0. The number of hydrogen-bond donors (Lipinski definition) is 4. The molecular formula is C10H19N3O4. The highest BCUT2D eigenvalue weighted by Gasteiger charge is 2.23. The maximum atomic E-state index is 11.4. The number of nitrogens with one attached hydrogen (secondary N) is 2. The Labute approximate surface area is 99.7 Å². The first kappa shape index (κ1) is 15.4. The number of carboxylic acids is 1. The lowest BCUT2D eigenvalue weighted by atomic mass is 10.2. The molecule has 1 rings (SSSR count). The zero-order chi connectivity index (χ0) is 13.4. The summed E-state index contributed by atoms with van der Waals surface area (Å²) in [5.74, 6) is -1.48. The van der Waals surface area contributed by atoms with Crippen molar-refractivity contribution in [3.63, 3.8) is 0 Å². The molecule has 0 unspecified atom stereocenters. The van der Waals surface area contributed by atoms with E-state index in [1.807, 2.05) is 0 Å². The molecule has 0 saturated carbocycles. The van der Waals surface area contributed by atoms with Gasteiger partial charge < -0.3 is 21.5 Å². The molecule has 1 fully saturated rings. The first-order valence-electron chi connectivity index (χ1n) is 5.37. The van der Waals surface area contributed by atoms with Crippen molar-refractivity contribution in [2.45, 2.75) is 38.8 Å². The number of rotatable bonds is 3. The Morgan fingerprint density at radius 2 is 2.00 bits per heavy atom. The Morgan fingerprint density at radius 3 is 2.35 bits per heavy atom. The van der Waals surface area contributed by atoms with Gasteiger partial charge in [-0.05, 0) is 26.3 Å². The molecule has 1 aliphatic rings. The topological polar surface area (TPSA) is 122 Å². The van der Waals surface area contributed by atoms with Crippen LogP contribution >= 0.6 is 0 Å². The second-order valence-corrected chi connectivity index (χ2v) is 3.80. The second kappa shape index (κ2) is 7.61. The van der Waals surface area contributed by atoms with E-state index >= 15 is 0 Å². The predicted octanol–water partition coefficient (Wildman–Crippen LogP) is -1.18. The van der Waals surface area contributed by atoms with Crippen molar-refractivity contribution < 1.29 is 19.5 Å². The van der Waals surface area contributed by atoms with Gasteiger partial charge in [-0.2, -0.15) is 0 Å². The summed E-state index contributed by atoms with van der Waals surface area (Å²) in [6, 6.07) is -0.739.